The molecule has 21 heavy (non-hydrogen) atoms. The van der Waals surface area contributed by atoms with Gasteiger partial charge in [-0.3, -0.25) is 4.55 Å². The lowest BCUT2D eigenvalue weighted by atomic mass is 10.0. The van der Waals surface area contributed by atoms with Crippen LogP contribution in [0.3, 0.4) is 0 Å². The Morgan fingerprint density at radius 1 is 0.762 bits per heavy atom. The molecule has 0 aliphatic carbocycles. The Morgan fingerprint density at radius 3 is 1.10 bits per heavy atom. The van der Waals surface area contributed by atoms with E-state index in [2.05, 4.69) is 76.2 Å². The quantitative estimate of drug-likeness (QED) is 0.780. The van der Waals surface area contributed by atoms with Crippen LogP contribution < -0.4 is 0 Å². The Labute approximate surface area is 128 Å². The molecule has 118 valence electrons. The number of hydrogen-bond acceptors (Lipinski definition) is 2. The van der Waals surface area contributed by atoms with Crippen molar-refractivity contribution in [3.63, 3.8) is 0 Å². The third-order valence-electron chi connectivity index (χ3n) is 2.99. The van der Waals surface area contributed by atoms with Gasteiger partial charge in [0.25, 0.3) is 10.1 Å². The van der Waals surface area contributed by atoms with Crippen molar-refractivity contribution >= 4 is 20.9 Å². The van der Waals surface area contributed by atoms with Crippen molar-refractivity contribution in [3.05, 3.63) is 48.5 Å². The van der Waals surface area contributed by atoms with E-state index in [-0.39, 0.29) is 0 Å². The predicted molar refractivity (Wildman–Crippen MR) is 91.1 cm³/mol. The van der Waals surface area contributed by atoms with Crippen molar-refractivity contribution in [3.8, 4) is 0 Å². The van der Waals surface area contributed by atoms with Gasteiger partial charge in [0.1, 0.15) is 0 Å². The molecule has 0 aliphatic rings. The van der Waals surface area contributed by atoms with E-state index in [4.69, 9.17) is 4.55 Å². The fraction of sp³-hybridized carbons (Fsp3) is 0.412. The fourth-order valence-corrected chi connectivity index (χ4v) is 1.13. The molecule has 0 unspecified atom stereocenters. The Kier molecular flexibility index (Phi) is 8.90. The molecule has 0 atom stereocenters. The van der Waals surface area contributed by atoms with E-state index in [0.29, 0.717) is 6.26 Å². The van der Waals surface area contributed by atoms with Crippen LogP contribution in [0.25, 0.3) is 10.8 Å². The number of benzene rings is 2. The maximum atomic E-state index is 9.19. The zero-order chi connectivity index (χ0) is 16.5. The molecule has 0 bridgehead atoms. The lowest BCUT2D eigenvalue weighted by Gasteiger charge is -2.05. The highest BCUT2D eigenvalue weighted by Crippen LogP contribution is 2.11. The van der Waals surface area contributed by atoms with Crippen LogP contribution in [-0.2, 0) is 10.1 Å². The van der Waals surface area contributed by atoms with Crippen LogP contribution in [0, 0.1) is 11.8 Å². The highest BCUT2D eigenvalue weighted by atomic mass is 32.2. The fourth-order valence-electron chi connectivity index (χ4n) is 1.13. The summed E-state index contributed by atoms with van der Waals surface area (Å²) < 4.78 is 25.9. The first-order valence-corrected chi connectivity index (χ1v) is 8.82. The SMILES string of the molecule is CC(C)C(C)C.CS(=O)(=O)O.c1ccc2ccccc2c1. The summed E-state index contributed by atoms with van der Waals surface area (Å²) in [6.07, 6.45) is 0.715. The summed E-state index contributed by atoms with van der Waals surface area (Å²) in [7, 11) is -3.67. The van der Waals surface area contributed by atoms with Crippen molar-refractivity contribution in [1.82, 2.24) is 0 Å². The number of hydrogen-bond donors (Lipinski definition) is 1. The molecular formula is C17H26O3S. The summed E-state index contributed by atoms with van der Waals surface area (Å²) in [5, 5.41) is 2.62. The molecule has 0 saturated heterocycles. The van der Waals surface area contributed by atoms with E-state index in [1.165, 1.54) is 10.8 Å². The Balaban J connectivity index is 0.000000317. The average Bonchev–Trinajstić information content (AvgIpc) is 2.37. The van der Waals surface area contributed by atoms with Crippen LogP contribution in [0.15, 0.2) is 48.5 Å². The Morgan fingerprint density at radius 2 is 0.952 bits per heavy atom. The minimum absolute atomic E-state index is 0.715. The van der Waals surface area contributed by atoms with Crippen LogP contribution in [0.4, 0.5) is 0 Å². The van der Waals surface area contributed by atoms with Crippen molar-refractivity contribution in [1.29, 1.82) is 0 Å². The number of fused-ring (bicyclic) bond motifs is 1. The van der Waals surface area contributed by atoms with Crippen LogP contribution in [0.2, 0.25) is 0 Å². The molecule has 2 aromatic rings. The molecule has 0 heterocycles. The van der Waals surface area contributed by atoms with Crippen LogP contribution in [0.5, 0.6) is 0 Å². The van der Waals surface area contributed by atoms with E-state index in [9.17, 15) is 8.42 Å². The maximum absolute atomic E-state index is 9.19. The summed E-state index contributed by atoms with van der Waals surface area (Å²) >= 11 is 0. The second-order valence-corrected chi connectivity index (χ2v) is 7.03. The molecule has 0 radical (unpaired) electrons. The lowest BCUT2D eigenvalue weighted by molar-refractivity contribution is 0.457. The third kappa shape index (κ3) is 12.1. The van der Waals surface area contributed by atoms with Gasteiger partial charge in [0, 0.05) is 0 Å². The van der Waals surface area contributed by atoms with E-state index >= 15 is 0 Å². The van der Waals surface area contributed by atoms with E-state index in [0.717, 1.165) is 11.8 Å². The highest BCUT2D eigenvalue weighted by molar-refractivity contribution is 7.85. The predicted octanol–water partition coefficient (Wildman–Crippen LogP) is 4.64. The Hall–Kier alpha value is -1.39. The van der Waals surface area contributed by atoms with Crippen molar-refractivity contribution in [2.24, 2.45) is 11.8 Å². The molecule has 2 aromatic carbocycles. The van der Waals surface area contributed by atoms with Gasteiger partial charge in [0.15, 0.2) is 0 Å². The summed E-state index contributed by atoms with van der Waals surface area (Å²) in [4.78, 5) is 0. The second kappa shape index (κ2) is 9.53. The monoisotopic (exact) mass is 310 g/mol. The van der Waals surface area contributed by atoms with E-state index in [1.54, 1.807) is 0 Å². The highest BCUT2D eigenvalue weighted by Gasteiger charge is 1.95. The minimum atomic E-state index is -3.67. The first-order valence-electron chi connectivity index (χ1n) is 6.97. The molecule has 3 nitrogen and oxygen atoms in total. The molecule has 0 spiro atoms. The van der Waals surface area contributed by atoms with Crippen molar-refractivity contribution in [2.75, 3.05) is 6.26 Å². The first kappa shape index (κ1) is 19.6. The van der Waals surface area contributed by atoms with E-state index < -0.39 is 10.1 Å². The van der Waals surface area contributed by atoms with Gasteiger partial charge in [-0.2, -0.15) is 8.42 Å². The standard InChI is InChI=1S/C10H8.C6H14.CH4O3S/c1-2-6-10-8-4-3-7-9(10)5-1;1-5(2)6(3)4;1-5(2,3)4/h1-8H;5-6H,1-4H3;1H3,(H,2,3,4). The van der Waals surface area contributed by atoms with Crippen LogP contribution >= 0.6 is 0 Å². The molecule has 0 fully saturated rings. The van der Waals surface area contributed by atoms with Gasteiger partial charge < -0.3 is 0 Å². The smallest absolute Gasteiger partial charge is 0.261 e. The molecular weight excluding hydrogens is 284 g/mol. The lowest BCUT2D eigenvalue weighted by Crippen LogP contribution is -1.95. The average molecular weight is 310 g/mol. The second-order valence-electron chi connectivity index (χ2n) is 5.57. The third-order valence-corrected chi connectivity index (χ3v) is 2.99. The van der Waals surface area contributed by atoms with Gasteiger partial charge in [-0.05, 0) is 22.6 Å². The topological polar surface area (TPSA) is 54.4 Å². The molecule has 0 aromatic heterocycles. The van der Waals surface area contributed by atoms with Gasteiger partial charge in [-0.25, -0.2) is 0 Å². The molecule has 0 aliphatic heterocycles. The van der Waals surface area contributed by atoms with Gasteiger partial charge in [-0.15, -0.1) is 0 Å². The first-order chi connectivity index (χ1) is 9.61. The van der Waals surface area contributed by atoms with Crippen LogP contribution in [-0.4, -0.2) is 19.2 Å². The zero-order valence-electron chi connectivity index (χ0n) is 13.4. The summed E-state index contributed by atoms with van der Waals surface area (Å²) in [5.41, 5.74) is 0. The minimum Gasteiger partial charge on any atom is -0.286 e. The van der Waals surface area contributed by atoms with Gasteiger partial charge in [0.05, 0.1) is 6.26 Å². The van der Waals surface area contributed by atoms with Crippen molar-refractivity contribution < 1.29 is 13.0 Å². The molecule has 0 saturated carbocycles. The molecule has 0 amide bonds. The van der Waals surface area contributed by atoms with Gasteiger partial charge in [-0.1, -0.05) is 76.2 Å². The zero-order valence-corrected chi connectivity index (χ0v) is 14.3. The number of rotatable bonds is 1. The summed E-state index contributed by atoms with van der Waals surface area (Å²) in [6, 6.07) is 16.7. The summed E-state index contributed by atoms with van der Waals surface area (Å²) in [5.74, 6) is 1.70. The Bertz CT molecular complexity index is 537. The molecule has 1 N–H and O–H groups in total. The van der Waals surface area contributed by atoms with E-state index in [1.807, 2.05) is 0 Å². The van der Waals surface area contributed by atoms with Crippen LogP contribution in [0.1, 0.15) is 27.7 Å². The normalized spacial score (nSPS) is 10.7. The van der Waals surface area contributed by atoms with Gasteiger partial charge >= 0.3 is 0 Å². The van der Waals surface area contributed by atoms with Crippen molar-refractivity contribution in [2.45, 2.75) is 27.7 Å². The molecule has 2 rings (SSSR count). The maximum Gasteiger partial charge on any atom is 0.261 e. The molecule has 4 heteroatoms. The largest absolute Gasteiger partial charge is 0.286 e. The van der Waals surface area contributed by atoms with Gasteiger partial charge in [0.2, 0.25) is 0 Å². The summed E-state index contributed by atoms with van der Waals surface area (Å²) in [6.45, 7) is 8.96.